The van der Waals surface area contributed by atoms with Gasteiger partial charge in [0.2, 0.25) is 0 Å². The summed E-state index contributed by atoms with van der Waals surface area (Å²) in [6.07, 6.45) is 9.46. The Hall–Kier alpha value is -1.28. The molecule has 5 nitrogen and oxygen atoms in total. The molecule has 0 unspecified atom stereocenters. The third-order valence-corrected chi connectivity index (χ3v) is 6.54. The van der Waals surface area contributed by atoms with Crippen LogP contribution in [0.15, 0.2) is 33.7 Å². The number of aryl methyl sites for hydroxylation is 1. The minimum absolute atomic E-state index is 0. The molecule has 0 bridgehead atoms. The van der Waals surface area contributed by atoms with Gasteiger partial charge < -0.3 is 20.0 Å². The number of aliphatic imine (C=N–C) groups is 1. The van der Waals surface area contributed by atoms with E-state index in [1.807, 2.05) is 19.2 Å². The summed E-state index contributed by atoms with van der Waals surface area (Å²) in [5.41, 5.74) is 2.16. The molecule has 160 valence electrons. The number of fused-ring (bicyclic) bond motifs is 1. The van der Waals surface area contributed by atoms with Gasteiger partial charge in [0.25, 0.3) is 0 Å². The second-order valence-electron chi connectivity index (χ2n) is 8.32. The predicted octanol–water partition coefficient (Wildman–Crippen LogP) is 4.82. The van der Waals surface area contributed by atoms with Crippen molar-refractivity contribution in [3.8, 4) is 0 Å². The van der Waals surface area contributed by atoms with Crippen molar-refractivity contribution in [2.75, 3.05) is 20.1 Å². The van der Waals surface area contributed by atoms with Crippen LogP contribution in [0.5, 0.6) is 0 Å². The van der Waals surface area contributed by atoms with E-state index in [4.69, 9.17) is 4.42 Å². The molecular formula is C23H35IN4O. The molecule has 1 aromatic carbocycles. The van der Waals surface area contributed by atoms with E-state index in [9.17, 15) is 0 Å². The van der Waals surface area contributed by atoms with Gasteiger partial charge in [-0.05, 0) is 38.7 Å². The number of rotatable bonds is 4. The van der Waals surface area contributed by atoms with Crippen LogP contribution in [0.1, 0.15) is 56.3 Å². The Labute approximate surface area is 191 Å². The van der Waals surface area contributed by atoms with E-state index in [1.165, 1.54) is 69.0 Å². The van der Waals surface area contributed by atoms with Crippen LogP contribution < -0.4 is 10.6 Å². The number of likely N-dealkylation sites (tertiary alicyclic amines) is 1. The molecule has 4 rings (SSSR count). The van der Waals surface area contributed by atoms with Gasteiger partial charge in [-0.25, -0.2) is 0 Å². The summed E-state index contributed by atoms with van der Waals surface area (Å²) in [4.78, 5) is 7.16. The molecule has 0 amide bonds. The number of hydrogen-bond acceptors (Lipinski definition) is 3. The number of para-hydroxylation sites is 1. The third-order valence-electron chi connectivity index (χ3n) is 6.54. The molecule has 2 aliphatic rings. The SMILES string of the molecule is CN=C(NCc1oc2ccccc2c1C)NC1CCN(C2CCCCC2)CC1.I. The lowest BCUT2D eigenvalue weighted by Crippen LogP contribution is -2.50. The maximum atomic E-state index is 6.01. The number of hydrogen-bond donors (Lipinski definition) is 2. The number of furan rings is 1. The number of nitrogens with one attached hydrogen (secondary N) is 2. The second-order valence-corrected chi connectivity index (χ2v) is 8.32. The largest absolute Gasteiger partial charge is 0.459 e. The van der Waals surface area contributed by atoms with Crippen molar-refractivity contribution < 1.29 is 4.42 Å². The Morgan fingerprint density at radius 2 is 1.83 bits per heavy atom. The zero-order valence-corrected chi connectivity index (χ0v) is 20.1. The van der Waals surface area contributed by atoms with Crippen LogP contribution in [0.25, 0.3) is 11.0 Å². The number of guanidine groups is 1. The maximum Gasteiger partial charge on any atom is 0.191 e. The van der Waals surface area contributed by atoms with Crippen LogP contribution in [0.3, 0.4) is 0 Å². The zero-order chi connectivity index (χ0) is 19.3. The smallest absolute Gasteiger partial charge is 0.191 e. The molecule has 1 saturated carbocycles. The van der Waals surface area contributed by atoms with Gasteiger partial charge >= 0.3 is 0 Å². The Morgan fingerprint density at radius 1 is 1.10 bits per heavy atom. The molecule has 2 aromatic rings. The first kappa shape index (κ1) is 22.4. The molecule has 0 radical (unpaired) electrons. The lowest BCUT2D eigenvalue weighted by atomic mass is 9.92. The van der Waals surface area contributed by atoms with Crippen molar-refractivity contribution in [3.63, 3.8) is 0 Å². The van der Waals surface area contributed by atoms with E-state index >= 15 is 0 Å². The molecule has 1 aromatic heterocycles. The van der Waals surface area contributed by atoms with Crippen molar-refractivity contribution in [2.24, 2.45) is 4.99 Å². The normalized spacial score (nSPS) is 19.9. The van der Waals surface area contributed by atoms with Gasteiger partial charge in [-0.1, -0.05) is 37.5 Å². The maximum absolute atomic E-state index is 6.01. The Kier molecular flexibility index (Phi) is 8.24. The lowest BCUT2D eigenvalue weighted by Gasteiger charge is -2.39. The highest BCUT2D eigenvalue weighted by molar-refractivity contribution is 14.0. The molecule has 1 saturated heterocycles. The van der Waals surface area contributed by atoms with Crippen molar-refractivity contribution in [1.29, 1.82) is 0 Å². The minimum atomic E-state index is 0. The first-order chi connectivity index (χ1) is 13.7. The van der Waals surface area contributed by atoms with Crippen LogP contribution in [-0.4, -0.2) is 43.1 Å². The summed E-state index contributed by atoms with van der Waals surface area (Å²) in [5, 5.41) is 8.26. The van der Waals surface area contributed by atoms with Gasteiger partial charge in [0.05, 0.1) is 6.54 Å². The first-order valence-corrected chi connectivity index (χ1v) is 10.9. The van der Waals surface area contributed by atoms with Gasteiger partial charge in [-0.2, -0.15) is 0 Å². The van der Waals surface area contributed by atoms with Crippen LogP contribution >= 0.6 is 24.0 Å². The average molecular weight is 510 g/mol. The molecule has 0 spiro atoms. The Bertz CT molecular complexity index is 804. The van der Waals surface area contributed by atoms with E-state index in [0.717, 1.165) is 23.3 Å². The summed E-state index contributed by atoms with van der Waals surface area (Å²) in [6, 6.07) is 9.56. The van der Waals surface area contributed by atoms with Gasteiger partial charge in [-0.3, -0.25) is 4.99 Å². The van der Waals surface area contributed by atoms with Crippen LogP contribution in [0.4, 0.5) is 0 Å². The van der Waals surface area contributed by atoms with Gasteiger partial charge in [0.15, 0.2) is 5.96 Å². The van der Waals surface area contributed by atoms with Crippen LogP contribution in [0, 0.1) is 6.92 Å². The van der Waals surface area contributed by atoms with Gasteiger partial charge in [-0.15, -0.1) is 24.0 Å². The van der Waals surface area contributed by atoms with E-state index in [0.29, 0.717) is 12.6 Å². The van der Waals surface area contributed by atoms with E-state index in [1.54, 1.807) is 0 Å². The molecule has 29 heavy (non-hydrogen) atoms. The van der Waals surface area contributed by atoms with Gasteiger partial charge in [0.1, 0.15) is 11.3 Å². The quantitative estimate of drug-likeness (QED) is 0.352. The number of piperidine rings is 1. The van der Waals surface area contributed by atoms with Gasteiger partial charge in [0, 0.05) is 43.2 Å². The molecule has 6 heteroatoms. The highest BCUT2D eigenvalue weighted by atomic mass is 127. The summed E-state index contributed by atoms with van der Waals surface area (Å²) in [7, 11) is 1.85. The lowest BCUT2D eigenvalue weighted by molar-refractivity contribution is 0.119. The van der Waals surface area contributed by atoms with Crippen molar-refractivity contribution in [3.05, 3.63) is 35.6 Å². The monoisotopic (exact) mass is 510 g/mol. The molecule has 1 aliphatic carbocycles. The van der Waals surface area contributed by atoms with E-state index in [-0.39, 0.29) is 24.0 Å². The van der Waals surface area contributed by atoms with Crippen molar-refractivity contribution in [1.82, 2.24) is 15.5 Å². The fourth-order valence-electron chi connectivity index (χ4n) is 4.80. The summed E-state index contributed by atoms with van der Waals surface area (Å²) < 4.78 is 6.01. The predicted molar refractivity (Wildman–Crippen MR) is 131 cm³/mol. The number of halogens is 1. The molecule has 1 aliphatic heterocycles. The highest BCUT2D eigenvalue weighted by Gasteiger charge is 2.26. The standard InChI is InChI=1S/C23H34N4O.HI/c1-17-20-10-6-7-11-21(20)28-22(17)16-25-23(24-2)26-18-12-14-27(15-13-18)19-8-4-3-5-9-19;/h6-7,10-11,18-19H,3-5,8-9,12-16H2,1-2H3,(H2,24,25,26);1H. The van der Waals surface area contributed by atoms with Crippen LogP contribution in [-0.2, 0) is 6.54 Å². The van der Waals surface area contributed by atoms with E-state index < -0.39 is 0 Å². The minimum Gasteiger partial charge on any atom is -0.459 e. The summed E-state index contributed by atoms with van der Waals surface area (Å²) in [6.45, 7) is 5.20. The Balaban J connectivity index is 0.00000240. The highest BCUT2D eigenvalue weighted by Crippen LogP contribution is 2.26. The molecule has 0 atom stereocenters. The third kappa shape index (κ3) is 5.45. The number of nitrogens with zero attached hydrogens (tertiary/aromatic N) is 2. The molecule has 2 N–H and O–H groups in total. The number of benzene rings is 1. The fourth-order valence-corrected chi connectivity index (χ4v) is 4.80. The molecular weight excluding hydrogens is 475 g/mol. The van der Waals surface area contributed by atoms with Crippen molar-refractivity contribution in [2.45, 2.75) is 70.5 Å². The topological polar surface area (TPSA) is 52.8 Å². The van der Waals surface area contributed by atoms with Crippen LogP contribution in [0.2, 0.25) is 0 Å². The Morgan fingerprint density at radius 3 is 2.52 bits per heavy atom. The fraction of sp³-hybridized carbons (Fsp3) is 0.609. The molecule has 2 fully saturated rings. The first-order valence-electron chi connectivity index (χ1n) is 10.9. The second kappa shape index (κ2) is 10.7. The zero-order valence-electron chi connectivity index (χ0n) is 17.7. The van der Waals surface area contributed by atoms with Crippen molar-refractivity contribution >= 4 is 40.9 Å². The molecule has 2 heterocycles. The summed E-state index contributed by atoms with van der Waals surface area (Å²) in [5.74, 6) is 1.85. The van der Waals surface area contributed by atoms with E-state index in [2.05, 4.69) is 39.6 Å². The summed E-state index contributed by atoms with van der Waals surface area (Å²) >= 11 is 0. The average Bonchev–Trinajstić information content (AvgIpc) is 3.08.